The van der Waals surface area contributed by atoms with Crippen LogP contribution in [0, 0.1) is 0 Å². The van der Waals surface area contributed by atoms with Crippen LogP contribution in [0.5, 0.6) is 0 Å². The van der Waals surface area contributed by atoms with Gasteiger partial charge in [0.15, 0.2) is 5.82 Å². The summed E-state index contributed by atoms with van der Waals surface area (Å²) in [6.45, 7) is 7.28. The number of benzene rings is 2. The summed E-state index contributed by atoms with van der Waals surface area (Å²) in [5.74, 6) is 1.45. The van der Waals surface area contributed by atoms with Crippen LogP contribution in [-0.2, 0) is 11.3 Å². The zero-order valence-corrected chi connectivity index (χ0v) is 21.3. The number of nitrogens with one attached hydrogen (secondary N) is 1. The van der Waals surface area contributed by atoms with Crippen molar-refractivity contribution in [2.24, 2.45) is 0 Å². The maximum Gasteiger partial charge on any atom is 0.274 e. The van der Waals surface area contributed by atoms with Gasteiger partial charge in [-0.3, -0.25) is 9.59 Å². The number of likely N-dealkylation sites (tertiary alicyclic amines) is 1. The Hall–Kier alpha value is -3.19. The van der Waals surface area contributed by atoms with E-state index < -0.39 is 0 Å². The fraction of sp³-hybridized carbons (Fsp3) is 0.483. The van der Waals surface area contributed by atoms with E-state index in [9.17, 15) is 9.59 Å². The number of amides is 1. The lowest BCUT2D eigenvalue weighted by atomic mass is 9.89. The average Bonchev–Trinajstić information content (AvgIpc) is 2.91. The van der Waals surface area contributed by atoms with Crippen molar-refractivity contribution in [3.8, 4) is 0 Å². The van der Waals surface area contributed by atoms with Gasteiger partial charge < -0.3 is 15.1 Å². The summed E-state index contributed by atoms with van der Waals surface area (Å²) in [6, 6.07) is 16.2. The number of carbonyl (C=O) groups excluding carboxylic acids is 1. The second kappa shape index (κ2) is 11.2. The third-order valence-corrected chi connectivity index (χ3v) is 7.61. The van der Waals surface area contributed by atoms with Crippen LogP contribution in [0.1, 0.15) is 56.9 Å². The van der Waals surface area contributed by atoms with Gasteiger partial charge in [0.1, 0.15) is 0 Å². The number of anilines is 2. The van der Waals surface area contributed by atoms with Gasteiger partial charge in [-0.1, -0.05) is 30.3 Å². The van der Waals surface area contributed by atoms with Crippen molar-refractivity contribution >= 4 is 28.2 Å². The van der Waals surface area contributed by atoms with Crippen LogP contribution in [0.2, 0.25) is 0 Å². The average molecular weight is 488 g/mol. The number of piperidine rings is 2. The van der Waals surface area contributed by atoms with E-state index in [2.05, 4.69) is 27.2 Å². The molecule has 3 aromatic rings. The fourth-order valence-corrected chi connectivity index (χ4v) is 5.72. The van der Waals surface area contributed by atoms with E-state index in [0.29, 0.717) is 12.5 Å². The third kappa shape index (κ3) is 5.62. The first-order valence-electron chi connectivity index (χ1n) is 13.4. The van der Waals surface area contributed by atoms with Crippen molar-refractivity contribution in [3.63, 3.8) is 0 Å². The molecule has 7 nitrogen and oxygen atoms in total. The van der Waals surface area contributed by atoms with Crippen molar-refractivity contribution < 1.29 is 4.79 Å². The molecular formula is C29H37N5O2. The minimum Gasteiger partial charge on any atom is -0.355 e. The highest BCUT2D eigenvalue weighted by molar-refractivity contribution is 5.91. The fourth-order valence-electron chi connectivity index (χ4n) is 5.72. The Kier molecular flexibility index (Phi) is 7.66. The van der Waals surface area contributed by atoms with Crippen LogP contribution in [0.25, 0.3) is 10.8 Å². The second-order valence-electron chi connectivity index (χ2n) is 10.2. The van der Waals surface area contributed by atoms with E-state index in [1.54, 1.807) is 11.6 Å². The van der Waals surface area contributed by atoms with Gasteiger partial charge in [-0.25, -0.2) is 4.68 Å². The van der Waals surface area contributed by atoms with E-state index in [-0.39, 0.29) is 11.5 Å². The van der Waals surface area contributed by atoms with Crippen LogP contribution in [-0.4, -0.2) is 53.3 Å². The van der Waals surface area contributed by atoms with E-state index in [4.69, 9.17) is 5.10 Å². The summed E-state index contributed by atoms with van der Waals surface area (Å²) in [7, 11) is 0. The standard InChI is InChI=1S/C29H37N5O2/c1-22(35)30-25-10-7-9-24(21-25)23-13-19-32(20-14-23)15-8-18-34-29(36)27-12-4-3-11-26(27)28(31-34)33-16-5-2-6-17-33/h3-4,7,9-12,21,23H,2,5-6,8,13-20H2,1H3,(H,30,35). The molecule has 2 aromatic carbocycles. The molecule has 1 aromatic heterocycles. The number of nitrogens with zero attached hydrogens (tertiary/aromatic N) is 4. The van der Waals surface area contributed by atoms with Crippen molar-refractivity contribution in [2.75, 3.05) is 42.9 Å². The smallest absolute Gasteiger partial charge is 0.274 e. The molecule has 0 bridgehead atoms. The number of hydrogen-bond acceptors (Lipinski definition) is 5. The minimum absolute atomic E-state index is 0.0177. The summed E-state index contributed by atoms with van der Waals surface area (Å²) < 4.78 is 1.70. The minimum atomic E-state index is -0.0370. The molecule has 2 saturated heterocycles. The van der Waals surface area contributed by atoms with E-state index >= 15 is 0 Å². The molecule has 5 rings (SSSR count). The second-order valence-corrected chi connectivity index (χ2v) is 10.2. The van der Waals surface area contributed by atoms with Crippen LogP contribution < -0.4 is 15.8 Å². The van der Waals surface area contributed by atoms with Crippen LogP contribution in [0.4, 0.5) is 11.5 Å². The quantitative estimate of drug-likeness (QED) is 0.527. The molecule has 0 saturated carbocycles. The zero-order valence-electron chi connectivity index (χ0n) is 21.3. The number of rotatable bonds is 7. The van der Waals surface area contributed by atoms with Gasteiger partial charge in [-0.05, 0) is 87.8 Å². The highest BCUT2D eigenvalue weighted by Crippen LogP contribution is 2.30. The van der Waals surface area contributed by atoms with Gasteiger partial charge in [0, 0.05) is 37.6 Å². The van der Waals surface area contributed by atoms with E-state index in [1.807, 2.05) is 36.4 Å². The predicted molar refractivity (Wildman–Crippen MR) is 146 cm³/mol. The first-order chi connectivity index (χ1) is 17.6. The monoisotopic (exact) mass is 487 g/mol. The third-order valence-electron chi connectivity index (χ3n) is 7.61. The number of fused-ring (bicyclic) bond motifs is 1. The molecule has 1 amide bonds. The molecule has 3 heterocycles. The van der Waals surface area contributed by atoms with Gasteiger partial charge >= 0.3 is 0 Å². The summed E-state index contributed by atoms with van der Waals surface area (Å²) in [5, 5.41) is 9.51. The molecule has 7 heteroatoms. The lowest BCUT2D eigenvalue weighted by Crippen LogP contribution is -2.36. The number of hydrogen-bond donors (Lipinski definition) is 1. The number of carbonyl (C=O) groups is 1. The van der Waals surface area contributed by atoms with E-state index in [1.165, 1.54) is 24.8 Å². The van der Waals surface area contributed by atoms with Crippen molar-refractivity contribution in [1.29, 1.82) is 0 Å². The molecule has 2 aliphatic rings. The Balaban J connectivity index is 1.20. The van der Waals surface area contributed by atoms with Gasteiger partial charge in [0.05, 0.1) is 5.39 Å². The zero-order chi connectivity index (χ0) is 24.9. The van der Waals surface area contributed by atoms with Gasteiger partial charge in [-0.15, -0.1) is 0 Å². The highest BCUT2D eigenvalue weighted by atomic mass is 16.1. The predicted octanol–water partition coefficient (Wildman–Crippen LogP) is 4.61. The van der Waals surface area contributed by atoms with Crippen molar-refractivity contribution in [3.05, 3.63) is 64.4 Å². The Morgan fingerprint density at radius 1 is 0.944 bits per heavy atom. The van der Waals surface area contributed by atoms with Crippen LogP contribution >= 0.6 is 0 Å². The highest BCUT2D eigenvalue weighted by Gasteiger charge is 2.21. The summed E-state index contributed by atoms with van der Waals surface area (Å²) in [5.41, 5.74) is 2.20. The molecule has 0 spiro atoms. The molecular weight excluding hydrogens is 450 g/mol. The summed E-state index contributed by atoms with van der Waals surface area (Å²) in [4.78, 5) is 29.4. The largest absolute Gasteiger partial charge is 0.355 e. The lowest BCUT2D eigenvalue weighted by molar-refractivity contribution is -0.114. The molecule has 0 radical (unpaired) electrons. The maximum atomic E-state index is 13.2. The van der Waals surface area contributed by atoms with Crippen LogP contribution in [0.3, 0.4) is 0 Å². The van der Waals surface area contributed by atoms with Gasteiger partial charge in [-0.2, -0.15) is 5.10 Å². The Labute approximate surface area is 213 Å². The Morgan fingerprint density at radius 3 is 2.44 bits per heavy atom. The summed E-state index contributed by atoms with van der Waals surface area (Å²) >= 11 is 0. The molecule has 190 valence electrons. The lowest BCUT2D eigenvalue weighted by Gasteiger charge is -2.32. The first kappa shape index (κ1) is 24.5. The van der Waals surface area contributed by atoms with Gasteiger partial charge in [0.2, 0.25) is 5.91 Å². The first-order valence-corrected chi connectivity index (χ1v) is 13.4. The molecule has 2 fully saturated rings. The molecule has 2 aliphatic heterocycles. The van der Waals surface area contributed by atoms with Crippen molar-refractivity contribution in [1.82, 2.24) is 14.7 Å². The maximum absolute atomic E-state index is 13.2. The Morgan fingerprint density at radius 2 is 1.69 bits per heavy atom. The molecule has 0 unspecified atom stereocenters. The molecule has 0 aliphatic carbocycles. The Bertz CT molecular complexity index is 1260. The van der Waals surface area contributed by atoms with E-state index in [0.717, 1.165) is 74.3 Å². The molecule has 1 N–H and O–H groups in total. The SMILES string of the molecule is CC(=O)Nc1cccc(C2CCN(CCCn3nc(N4CCCCC4)c4ccccc4c3=O)CC2)c1. The molecule has 0 atom stereocenters. The molecule has 36 heavy (non-hydrogen) atoms. The van der Waals surface area contributed by atoms with Gasteiger partial charge in [0.25, 0.3) is 5.56 Å². The van der Waals surface area contributed by atoms with Crippen molar-refractivity contribution in [2.45, 2.75) is 57.9 Å². The number of aryl methyl sites for hydroxylation is 1. The normalized spacial score (nSPS) is 17.4. The topological polar surface area (TPSA) is 70.5 Å². The number of aromatic nitrogens is 2. The van der Waals surface area contributed by atoms with Crippen LogP contribution in [0.15, 0.2) is 53.3 Å². The summed E-state index contributed by atoms with van der Waals surface area (Å²) in [6.07, 6.45) is 6.76.